The first-order chi connectivity index (χ1) is 8.67. The molecule has 18 heavy (non-hydrogen) atoms. The minimum Gasteiger partial charge on any atom is -0.497 e. The van der Waals surface area contributed by atoms with E-state index in [0.29, 0.717) is 6.42 Å². The van der Waals surface area contributed by atoms with Crippen LogP contribution in [0.25, 0.3) is 0 Å². The molecule has 0 saturated carbocycles. The normalized spacial score (nSPS) is 10.2. The van der Waals surface area contributed by atoms with E-state index in [9.17, 15) is 4.79 Å². The first-order valence-corrected chi connectivity index (χ1v) is 6.54. The van der Waals surface area contributed by atoms with Crippen molar-refractivity contribution in [1.29, 1.82) is 0 Å². The largest absolute Gasteiger partial charge is 0.497 e. The predicted octanol–water partition coefficient (Wildman–Crippen LogP) is 2.89. The Balaban J connectivity index is 2.36. The molecule has 0 unspecified atom stereocenters. The number of carbonyl (C=O) groups excluding carboxylic acids is 1. The second-order valence-corrected chi connectivity index (χ2v) is 4.52. The topological polar surface area (TPSA) is 29.5 Å². The number of unbranched alkanes of at least 4 members (excludes halogenated alkanes) is 1. The van der Waals surface area contributed by atoms with Crippen LogP contribution in [0, 0.1) is 0 Å². The summed E-state index contributed by atoms with van der Waals surface area (Å²) in [5.41, 5.74) is 1.23. The van der Waals surface area contributed by atoms with Crippen LogP contribution in [0.5, 0.6) is 5.75 Å². The van der Waals surface area contributed by atoms with Crippen LogP contribution in [0.15, 0.2) is 24.3 Å². The van der Waals surface area contributed by atoms with Crippen molar-refractivity contribution in [3.05, 3.63) is 29.8 Å². The van der Waals surface area contributed by atoms with Crippen molar-refractivity contribution in [1.82, 2.24) is 4.90 Å². The molecule has 0 atom stereocenters. The lowest BCUT2D eigenvalue weighted by Gasteiger charge is -2.17. The molecular formula is C15H23NO2. The fraction of sp³-hybridized carbons (Fsp3) is 0.533. The lowest BCUT2D eigenvalue weighted by atomic mass is 10.1. The van der Waals surface area contributed by atoms with E-state index >= 15 is 0 Å². The molecule has 1 amide bonds. The number of likely N-dealkylation sites (N-methyl/N-ethyl adjacent to an activating group) is 1. The van der Waals surface area contributed by atoms with Crippen molar-refractivity contribution >= 4 is 5.91 Å². The highest BCUT2D eigenvalue weighted by atomic mass is 16.5. The molecule has 0 spiro atoms. The third-order valence-corrected chi connectivity index (χ3v) is 3.06. The summed E-state index contributed by atoms with van der Waals surface area (Å²) < 4.78 is 5.11. The zero-order chi connectivity index (χ0) is 13.4. The van der Waals surface area contributed by atoms with Crippen molar-refractivity contribution in [2.45, 2.75) is 32.6 Å². The van der Waals surface area contributed by atoms with E-state index in [1.54, 1.807) is 7.11 Å². The van der Waals surface area contributed by atoms with Crippen LogP contribution in [0.3, 0.4) is 0 Å². The molecule has 0 heterocycles. The molecule has 0 radical (unpaired) electrons. The fourth-order valence-electron chi connectivity index (χ4n) is 1.73. The van der Waals surface area contributed by atoms with E-state index in [1.165, 1.54) is 5.56 Å². The van der Waals surface area contributed by atoms with Gasteiger partial charge in [0.1, 0.15) is 5.75 Å². The molecule has 3 heteroatoms. The number of hydrogen-bond donors (Lipinski definition) is 0. The van der Waals surface area contributed by atoms with E-state index < -0.39 is 0 Å². The standard InChI is InChI=1S/C15H23NO2/c1-4-5-6-15(17)16(2)12-11-13-7-9-14(18-3)10-8-13/h7-10H,4-6,11-12H2,1-3H3. The van der Waals surface area contributed by atoms with Gasteiger partial charge in [-0.2, -0.15) is 0 Å². The van der Waals surface area contributed by atoms with Gasteiger partial charge in [-0.3, -0.25) is 4.79 Å². The number of benzene rings is 1. The van der Waals surface area contributed by atoms with E-state index in [-0.39, 0.29) is 5.91 Å². The number of amides is 1. The van der Waals surface area contributed by atoms with Gasteiger partial charge in [-0.1, -0.05) is 25.5 Å². The fourth-order valence-corrected chi connectivity index (χ4v) is 1.73. The smallest absolute Gasteiger partial charge is 0.222 e. The van der Waals surface area contributed by atoms with Crippen LogP contribution >= 0.6 is 0 Å². The molecule has 0 aromatic heterocycles. The van der Waals surface area contributed by atoms with Crippen molar-refractivity contribution in [2.75, 3.05) is 20.7 Å². The van der Waals surface area contributed by atoms with Crippen LogP contribution in [-0.4, -0.2) is 31.5 Å². The molecular weight excluding hydrogens is 226 g/mol. The van der Waals surface area contributed by atoms with Gasteiger partial charge in [-0.15, -0.1) is 0 Å². The maximum atomic E-state index is 11.7. The molecule has 0 bridgehead atoms. The van der Waals surface area contributed by atoms with Gasteiger partial charge in [-0.05, 0) is 30.5 Å². The van der Waals surface area contributed by atoms with Crippen LogP contribution in [0.4, 0.5) is 0 Å². The Labute approximate surface area is 110 Å². The van der Waals surface area contributed by atoms with Gasteiger partial charge in [-0.25, -0.2) is 0 Å². The average Bonchev–Trinajstić information content (AvgIpc) is 2.42. The van der Waals surface area contributed by atoms with Crippen molar-refractivity contribution in [3.63, 3.8) is 0 Å². The highest BCUT2D eigenvalue weighted by molar-refractivity contribution is 5.75. The number of hydrogen-bond acceptors (Lipinski definition) is 2. The van der Waals surface area contributed by atoms with E-state index in [0.717, 1.165) is 31.6 Å². The summed E-state index contributed by atoms with van der Waals surface area (Å²) in [5.74, 6) is 1.11. The van der Waals surface area contributed by atoms with Crippen molar-refractivity contribution < 1.29 is 9.53 Å². The Kier molecular flexibility index (Phi) is 6.26. The van der Waals surface area contributed by atoms with Crippen molar-refractivity contribution in [3.8, 4) is 5.75 Å². The first-order valence-electron chi connectivity index (χ1n) is 6.54. The monoisotopic (exact) mass is 249 g/mol. The Morgan fingerprint density at radius 2 is 1.94 bits per heavy atom. The minimum absolute atomic E-state index is 0.241. The second kappa shape index (κ2) is 7.75. The Morgan fingerprint density at radius 1 is 1.28 bits per heavy atom. The summed E-state index contributed by atoms with van der Waals surface area (Å²) in [7, 11) is 3.54. The van der Waals surface area contributed by atoms with Gasteiger partial charge in [0.2, 0.25) is 5.91 Å². The summed E-state index contributed by atoms with van der Waals surface area (Å²) in [6.45, 7) is 2.87. The maximum absolute atomic E-state index is 11.7. The quantitative estimate of drug-likeness (QED) is 0.743. The second-order valence-electron chi connectivity index (χ2n) is 4.52. The number of ether oxygens (including phenoxy) is 1. The predicted molar refractivity (Wildman–Crippen MR) is 73.9 cm³/mol. The highest BCUT2D eigenvalue weighted by Crippen LogP contribution is 2.12. The molecule has 1 rings (SSSR count). The van der Waals surface area contributed by atoms with Crippen LogP contribution < -0.4 is 4.74 Å². The molecule has 3 nitrogen and oxygen atoms in total. The molecule has 0 fully saturated rings. The summed E-state index contributed by atoms with van der Waals surface area (Å²) in [6.07, 6.45) is 3.59. The van der Waals surface area contributed by atoms with Gasteiger partial charge in [0.25, 0.3) is 0 Å². The van der Waals surface area contributed by atoms with Gasteiger partial charge < -0.3 is 9.64 Å². The molecule has 0 saturated heterocycles. The van der Waals surface area contributed by atoms with Gasteiger partial charge >= 0.3 is 0 Å². The number of methoxy groups -OCH3 is 1. The van der Waals surface area contributed by atoms with Gasteiger partial charge in [0.15, 0.2) is 0 Å². The van der Waals surface area contributed by atoms with E-state index in [1.807, 2.05) is 36.2 Å². The number of carbonyl (C=O) groups is 1. The number of rotatable bonds is 7. The SMILES string of the molecule is CCCCC(=O)N(C)CCc1ccc(OC)cc1. The zero-order valence-corrected chi connectivity index (χ0v) is 11.6. The van der Waals surface area contributed by atoms with E-state index in [4.69, 9.17) is 4.74 Å². The molecule has 100 valence electrons. The van der Waals surface area contributed by atoms with Crippen molar-refractivity contribution in [2.24, 2.45) is 0 Å². The minimum atomic E-state index is 0.241. The van der Waals surface area contributed by atoms with Crippen LogP contribution in [0.2, 0.25) is 0 Å². The molecule has 1 aromatic rings. The molecule has 0 aliphatic heterocycles. The summed E-state index contributed by atoms with van der Waals surface area (Å²) in [4.78, 5) is 13.5. The third kappa shape index (κ3) is 4.78. The lowest BCUT2D eigenvalue weighted by molar-refractivity contribution is -0.129. The molecule has 1 aromatic carbocycles. The zero-order valence-electron chi connectivity index (χ0n) is 11.6. The maximum Gasteiger partial charge on any atom is 0.222 e. The van der Waals surface area contributed by atoms with Crippen LogP contribution in [-0.2, 0) is 11.2 Å². The summed E-state index contributed by atoms with van der Waals surface area (Å²) in [5, 5.41) is 0. The Bertz CT molecular complexity index is 359. The van der Waals surface area contributed by atoms with E-state index in [2.05, 4.69) is 6.92 Å². The van der Waals surface area contributed by atoms with Gasteiger partial charge in [0.05, 0.1) is 7.11 Å². The molecule has 0 N–H and O–H groups in total. The highest BCUT2D eigenvalue weighted by Gasteiger charge is 2.07. The summed E-state index contributed by atoms with van der Waals surface area (Å²) >= 11 is 0. The first kappa shape index (κ1) is 14.6. The summed E-state index contributed by atoms with van der Waals surface area (Å²) in [6, 6.07) is 7.99. The molecule has 0 aliphatic carbocycles. The number of nitrogens with zero attached hydrogens (tertiary/aromatic N) is 1. The average molecular weight is 249 g/mol. The Morgan fingerprint density at radius 3 is 2.50 bits per heavy atom. The third-order valence-electron chi connectivity index (χ3n) is 3.06. The Hall–Kier alpha value is -1.51. The van der Waals surface area contributed by atoms with Gasteiger partial charge in [0, 0.05) is 20.0 Å². The molecule has 0 aliphatic rings. The van der Waals surface area contributed by atoms with Crippen LogP contribution in [0.1, 0.15) is 31.7 Å². The lowest BCUT2D eigenvalue weighted by Crippen LogP contribution is -2.28.